The van der Waals surface area contributed by atoms with Gasteiger partial charge in [-0.05, 0) is 11.4 Å². The Morgan fingerprint density at radius 2 is 2.05 bits per heavy atom. The molecule has 0 atom stereocenters. The van der Waals surface area contributed by atoms with E-state index in [1.54, 1.807) is 11.4 Å². The molecular weight excluding hydrogens is 290 g/mol. The van der Waals surface area contributed by atoms with Gasteiger partial charge >= 0.3 is 0 Å². The molecule has 1 fully saturated rings. The van der Waals surface area contributed by atoms with Crippen LogP contribution in [0.25, 0.3) is 0 Å². The molecule has 1 aliphatic rings. The van der Waals surface area contributed by atoms with Crippen molar-refractivity contribution >= 4 is 23.2 Å². The van der Waals surface area contributed by atoms with E-state index in [0.29, 0.717) is 38.2 Å². The van der Waals surface area contributed by atoms with Gasteiger partial charge in [-0.15, -0.1) is 0 Å². The maximum atomic E-state index is 12.0. The van der Waals surface area contributed by atoms with Crippen molar-refractivity contribution in [3.8, 4) is 0 Å². The second-order valence-corrected chi connectivity index (χ2v) is 5.74. The average molecular weight is 311 g/mol. The molecule has 21 heavy (non-hydrogen) atoms. The zero-order chi connectivity index (χ0) is 15.1. The molecule has 0 saturated carbocycles. The molecule has 1 saturated heterocycles. The fraction of sp³-hybridized carbons (Fsp3) is 0.571. The molecule has 0 aromatic carbocycles. The van der Waals surface area contributed by atoms with Gasteiger partial charge in [-0.3, -0.25) is 14.5 Å². The standard InChI is InChI=1S/C14H21N3O3S/c18-9-8-16-4-6-17(7-5-16)13(19)1-3-15-14(20)12-2-10-21-11-12/h2,10-11,18H,1,3-9H2,(H,15,20). The van der Waals surface area contributed by atoms with Gasteiger partial charge in [0.25, 0.3) is 5.91 Å². The maximum absolute atomic E-state index is 12.0. The Labute approximate surface area is 128 Å². The zero-order valence-corrected chi connectivity index (χ0v) is 12.8. The molecule has 2 amide bonds. The Balaban J connectivity index is 1.65. The van der Waals surface area contributed by atoms with E-state index in [-0.39, 0.29) is 18.4 Å². The van der Waals surface area contributed by atoms with Crippen LogP contribution in [-0.4, -0.2) is 72.6 Å². The number of aliphatic hydroxyl groups is 1. The summed E-state index contributed by atoms with van der Waals surface area (Å²) in [5.74, 6) is -0.0546. The van der Waals surface area contributed by atoms with E-state index in [0.717, 1.165) is 13.1 Å². The highest BCUT2D eigenvalue weighted by atomic mass is 32.1. The smallest absolute Gasteiger partial charge is 0.252 e. The van der Waals surface area contributed by atoms with Crippen LogP contribution in [0, 0.1) is 0 Å². The molecule has 0 spiro atoms. The molecule has 6 nitrogen and oxygen atoms in total. The second-order valence-electron chi connectivity index (χ2n) is 4.96. The Kier molecular flexibility index (Phi) is 6.16. The number of amides is 2. The van der Waals surface area contributed by atoms with Crippen LogP contribution in [0.2, 0.25) is 0 Å². The Morgan fingerprint density at radius 1 is 1.29 bits per heavy atom. The highest BCUT2D eigenvalue weighted by Gasteiger charge is 2.20. The Hall–Kier alpha value is -1.44. The lowest BCUT2D eigenvalue weighted by Gasteiger charge is -2.34. The van der Waals surface area contributed by atoms with Crippen molar-refractivity contribution in [2.24, 2.45) is 0 Å². The molecule has 0 unspecified atom stereocenters. The van der Waals surface area contributed by atoms with Crippen molar-refractivity contribution in [2.75, 3.05) is 45.9 Å². The van der Waals surface area contributed by atoms with E-state index in [4.69, 9.17) is 5.11 Å². The lowest BCUT2D eigenvalue weighted by Crippen LogP contribution is -2.49. The highest BCUT2D eigenvalue weighted by molar-refractivity contribution is 7.08. The monoisotopic (exact) mass is 311 g/mol. The molecule has 2 N–H and O–H groups in total. The van der Waals surface area contributed by atoms with Gasteiger partial charge in [0, 0.05) is 56.6 Å². The largest absolute Gasteiger partial charge is 0.395 e. The molecule has 0 aliphatic carbocycles. The summed E-state index contributed by atoms with van der Waals surface area (Å²) in [5, 5.41) is 15.3. The first-order valence-electron chi connectivity index (χ1n) is 7.12. The summed E-state index contributed by atoms with van der Waals surface area (Å²) in [4.78, 5) is 27.7. The molecule has 1 aromatic rings. The van der Waals surface area contributed by atoms with Crippen LogP contribution in [0.5, 0.6) is 0 Å². The third-order valence-corrected chi connectivity index (χ3v) is 4.23. The van der Waals surface area contributed by atoms with E-state index in [2.05, 4.69) is 10.2 Å². The average Bonchev–Trinajstić information content (AvgIpc) is 3.02. The molecule has 1 aliphatic heterocycles. The third kappa shape index (κ3) is 4.80. The van der Waals surface area contributed by atoms with Gasteiger partial charge in [-0.25, -0.2) is 0 Å². The van der Waals surface area contributed by atoms with Crippen LogP contribution >= 0.6 is 11.3 Å². The fourth-order valence-electron chi connectivity index (χ4n) is 2.30. The third-order valence-electron chi connectivity index (χ3n) is 3.55. The fourth-order valence-corrected chi connectivity index (χ4v) is 2.94. The van der Waals surface area contributed by atoms with Crippen molar-refractivity contribution in [3.63, 3.8) is 0 Å². The van der Waals surface area contributed by atoms with Crippen LogP contribution in [0.3, 0.4) is 0 Å². The topological polar surface area (TPSA) is 72.9 Å². The summed E-state index contributed by atoms with van der Waals surface area (Å²) in [5.41, 5.74) is 0.644. The summed E-state index contributed by atoms with van der Waals surface area (Å²) >= 11 is 1.48. The number of aliphatic hydroxyl groups excluding tert-OH is 1. The number of hydrogen-bond donors (Lipinski definition) is 2. The van der Waals surface area contributed by atoms with Crippen molar-refractivity contribution in [2.45, 2.75) is 6.42 Å². The predicted molar refractivity (Wildman–Crippen MR) is 81.4 cm³/mol. The number of hydrogen-bond acceptors (Lipinski definition) is 5. The predicted octanol–water partition coefficient (Wildman–Crippen LogP) is 0.00450. The first kappa shape index (κ1) is 15.9. The number of nitrogens with zero attached hydrogens (tertiary/aromatic N) is 2. The number of nitrogens with one attached hydrogen (secondary N) is 1. The number of carbonyl (C=O) groups excluding carboxylic acids is 2. The zero-order valence-electron chi connectivity index (χ0n) is 12.0. The van der Waals surface area contributed by atoms with Crippen molar-refractivity contribution < 1.29 is 14.7 Å². The van der Waals surface area contributed by atoms with Gasteiger partial charge in [0.2, 0.25) is 5.91 Å². The molecular formula is C14H21N3O3S. The molecule has 0 bridgehead atoms. The minimum absolute atomic E-state index is 0.0734. The number of carbonyl (C=O) groups is 2. The number of rotatable bonds is 6. The van der Waals surface area contributed by atoms with Crippen LogP contribution < -0.4 is 5.32 Å². The van der Waals surface area contributed by atoms with Crippen LogP contribution in [-0.2, 0) is 4.79 Å². The van der Waals surface area contributed by atoms with Gasteiger partial charge in [0.1, 0.15) is 0 Å². The molecule has 2 rings (SSSR count). The number of β-amino-alcohol motifs (C(OH)–C–C–N with tert-alkyl or cyclic N) is 1. The van der Waals surface area contributed by atoms with Crippen LogP contribution in [0.1, 0.15) is 16.8 Å². The molecule has 116 valence electrons. The van der Waals surface area contributed by atoms with Gasteiger partial charge in [0.05, 0.1) is 6.61 Å². The van der Waals surface area contributed by atoms with E-state index in [1.165, 1.54) is 11.3 Å². The summed E-state index contributed by atoms with van der Waals surface area (Å²) in [6, 6.07) is 1.77. The SMILES string of the molecule is O=C(NCCC(=O)N1CCN(CCO)CC1)c1ccsc1. The van der Waals surface area contributed by atoms with Gasteiger partial charge in [-0.2, -0.15) is 11.3 Å². The second kappa shape index (κ2) is 8.11. The Bertz CT molecular complexity index is 456. The lowest BCUT2D eigenvalue weighted by atomic mass is 10.2. The summed E-state index contributed by atoms with van der Waals surface area (Å²) < 4.78 is 0. The van der Waals surface area contributed by atoms with E-state index >= 15 is 0 Å². The van der Waals surface area contributed by atoms with Gasteiger partial charge in [0.15, 0.2) is 0 Å². The highest BCUT2D eigenvalue weighted by Crippen LogP contribution is 2.06. The van der Waals surface area contributed by atoms with Crippen LogP contribution in [0.15, 0.2) is 16.8 Å². The molecule has 0 radical (unpaired) electrons. The van der Waals surface area contributed by atoms with Crippen molar-refractivity contribution in [3.05, 3.63) is 22.4 Å². The molecule has 7 heteroatoms. The normalized spacial score (nSPS) is 16.0. The number of piperazine rings is 1. The van der Waals surface area contributed by atoms with E-state index < -0.39 is 0 Å². The quantitative estimate of drug-likeness (QED) is 0.776. The molecule has 2 heterocycles. The maximum Gasteiger partial charge on any atom is 0.252 e. The lowest BCUT2D eigenvalue weighted by molar-refractivity contribution is -0.132. The molecule has 1 aromatic heterocycles. The first-order valence-corrected chi connectivity index (χ1v) is 8.06. The summed E-state index contributed by atoms with van der Waals surface area (Å²) in [6.45, 7) is 4.17. The minimum Gasteiger partial charge on any atom is -0.395 e. The van der Waals surface area contributed by atoms with E-state index in [1.807, 2.05) is 10.3 Å². The van der Waals surface area contributed by atoms with Crippen molar-refractivity contribution in [1.82, 2.24) is 15.1 Å². The first-order chi connectivity index (χ1) is 10.2. The summed E-state index contributed by atoms with van der Waals surface area (Å²) in [6.07, 6.45) is 0.329. The van der Waals surface area contributed by atoms with Gasteiger partial charge in [-0.1, -0.05) is 0 Å². The minimum atomic E-state index is -0.128. The van der Waals surface area contributed by atoms with Gasteiger partial charge < -0.3 is 15.3 Å². The Morgan fingerprint density at radius 3 is 2.67 bits per heavy atom. The van der Waals surface area contributed by atoms with Crippen LogP contribution in [0.4, 0.5) is 0 Å². The van der Waals surface area contributed by atoms with E-state index in [9.17, 15) is 9.59 Å². The van der Waals surface area contributed by atoms with Crippen molar-refractivity contribution in [1.29, 1.82) is 0 Å². The number of thiophene rings is 1. The summed E-state index contributed by atoms with van der Waals surface area (Å²) in [7, 11) is 0.